The molecule has 0 spiro atoms. The van der Waals surface area contributed by atoms with Crippen molar-refractivity contribution in [2.45, 2.75) is 39.5 Å². The zero-order valence-electron chi connectivity index (χ0n) is 13.2. The summed E-state index contributed by atoms with van der Waals surface area (Å²) >= 11 is 6.66. The molecule has 0 aromatic carbocycles. The predicted molar refractivity (Wildman–Crippen MR) is 102 cm³/mol. The topological polar surface area (TPSA) is 41.5 Å². The lowest BCUT2D eigenvalue weighted by Crippen LogP contribution is -2.18. The molecule has 0 unspecified atom stereocenters. The number of hydrazone groups is 1. The van der Waals surface area contributed by atoms with Gasteiger partial charge in [0, 0.05) is 4.88 Å². The smallest absolute Gasteiger partial charge is 0.266 e. The molecule has 1 atom stereocenters. The maximum atomic E-state index is 12.3. The van der Waals surface area contributed by atoms with Gasteiger partial charge in [-0.3, -0.25) is 4.79 Å². The summed E-state index contributed by atoms with van der Waals surface area (Å²) in [5.74, 6) is 0.665. The molecule has 0 radical (unpaired) electrons. The van der Waals surface area contributed by atoms with Crippen molar-refractivity contribution in [1.82, 2.24) is 5.43 Å². The molecule has 0 aliphatic heterocycles. The number of aryl methyl sites for hydroxylation is 1. The fourth-order valence-electron chi connectivity index (χ4n) is 2.81. The number of halogens is 1. The van der Waals surface area contributed by atoms with Gasteiger partial charge >= 0.3 is 0 Å². The standard InChI is InChI=1S/C17H19BrN2OS2/c1-3-11-4-5-14-12(8-11)9-15(22-14)17(21)20-19-10(2)13-6-7-16(18)23-13/h6-7,9,11H,3-5,8H2,1-2H3,(H,20,21)/b19-10-/t11-/m1/s1. The van der Waals surface area contributed by atoms with E-state index in [-0.39, 0.29) is 5.91 Å². The summed E-state index contributed by atoms with van der Waals surface area (Å²) in [6.45, 7) is 4.15. The molecule has 1 aliphatic rings. The summed E-state index contributed by atoms with van der Waals surface area (Å²) in [4.78, 5) is 15.5. The van der Waals surface area contributed by atoms with Gasteiger partial charge in [0.25, 0.3) is 5.91 Å². The van der Waals surface area contributed by atoms with Crippen LogP contribution in [0.15, 0.2) is 27.1 Å². The Morgan fingerprint density at radius 1 is 1.39 bits per heavy atom. The van der Waals surface area contributed by atoms with Gasteiger partial charge in [0.15, 0.2) is 0 Å². The van der Waals surface area contributed by atoms with E-state index in [1.165, 1.54) is 23.3 Å². The maximum absolute atomic E-state index is 12.3. The van der Waals surface area contributed by atoms with E-state index in [0.29, 0.717) is 0 Å². The first-order valence-corrected chi connectivity index (χ1v) is 10.2. The highest BCUT2D eigenvalue weighted by Gasteiger charge is 2.22. The minimum Gasteiger partial charge on any atom is -0.266 e. The van der Waals surface area contributed by atoms with E-state index < -0.39 is 0 Å². The Morgan fingerprint density at radius 3 is 2.91 bits per heavy atom. The van der Waals surface area contributed by atoms with E-state index in [9.17, 15) is 4.79 Å². The molecule has 0 fully saturated rings. The summed E-state index contributed by atoms with van der Waals surface area (Å²) in [6.07, 6.45) is 4.69. The molecule has 1 N–H and O–H groups in total. The van der Waals surface area contributed by atoms with Crippen molar-refractivity contribution in [2.75, 3.05) is 0 Å². The Kier molecular flexibility index (Phi) is 5.34. The Bertz CT molecular complexity index is 748. The molecule has 2 aromatic heterocycles. The number of amides is 1. The number of carbonyl (C=O) groups excluding carboxylic acids is 1. The van der Waals surface area contributed by atoms with Gasteiger partial charge in [-0.2, -0.15) is 5.10 Å². The molecule has 122 valence electrons. The minimum absolute atomic E-state index is 0.104. The number of thiophene rings is 2. The Hall–Kier alpha value is -0.980. The van der Waals surface area contributed by atoms with Crippen molar-refractivity contribution < 1.29 is 4.79 Å². The molecule has 1 amide bonds. The van der Waals surface area contributed by atoms with Crippen molar-refractivity contribution in [3.05, 3.63) is 42.2 Å². The number of carbonyl (C=O) groups is 1. The second-order valence-electron chi connectivity index (χ2n) is 5.82. The third kappa shape index (κ3) is 3.92. The van der Waals surface area contributed by atoms with Gasteiger partial charge in [0.1, 0.15) is 0 Å². The van der Waals surface area contributed by atoms with Crippen molar-refractivity contribution in [2.24, 2.45) is 11.0 Å². The van der Waals surface area contributed by atoms with E-state index in [1.807, 2.05) is 19.1 Å². The average molecular weight is 411 g/mol. The quantitative estimate of drug-likeness (QED) is 0.543. The van der Waals surface area contributed by atoms with Gasteiger partial charge in [0.2, 0.25) is 0 Å². The predicted octanol–water partition coefficient (Wildman–Crippen LogP) is 5.24. The maximum Gasteiger partial charge on any atom is 0.281 e. The van der Waals surface area contributed by atoms with Crippen LogP contribution in [-0.2, 0) is 12.8 Å². The lowest BCUT2D eigenvalue weighted by atomic mass is 9.87. The van der Waals surface area contributed by atoms with E-state index in [2.05, 4.69) is 39.4 Å². The monoisotopic (exact) mass is 410 g/mol. The first-order chi connectivity index (χ1) is 11.1. The summed E-state index contributed by atoms with van der Waals surface area (Å²) in [5.41, 5.74) is 4.87. The number of hydrogen-bond acceptors (Lipinski definition) is 4. The SMILES string of the molecule is CC[C@@H]1CCc2sc(C(=O)N/N=C(/C)c3ccc(Br)s3)cc2C1. The summed E-state index contributed by atoms with van der Waals surface area (Å²) in [6, 6.07) is 6.04. The lowest BCUT2D eigenvalue weighted by molar-refractivity contribution is 0.0959. The number of nitrogens with one attached hydrogen (secondary N) is 1. The van der Waals surface area contributed by atoms with E-state index >= 15 is 0 Å². The molecule has 0 saturated carbocycles. The van der Waals surface area contributed by atoms with Gasteiger partial charge in [0.05, 0.1) is 19.3 Å². The summed E-state index contributed by atoms with van der Waals surface area (Å²) in [5, 5.41) is 4.23. The highest BCUT2D eigenvalue weighted by atomic mass is 79.9. The fourth-order valence-corrected chi connectivity index (χ4v) is 5.24. The van der Waals surface area contributed by atoms with Crippen molar-refractivity contribution >= 4 is 50.2 Å². The van der Waals surface area contributed by atoms with Crippen LogP contribution in [0.1, 0.15) is 51.7 Å². The second kappa shape index (κ2) is 7.28. The zero-order valence-corrected chi connectivity index (χ0v) is 16.4. The van der Waals surface area contributed by atoms with E-state index in [0.717, 1.165) is 38.0 Å². The number of nitrogens with zero attached hydrogens (tertiary/aromatic N) is 1. The number of rotatable bonds is 4. The van der Waals surface area contributed by atoms with Crippen LogP contribution in [0, 0.1) is 5.92 Å². The van der Waals surface area contributed by atoms with Crippen LogP contribution in [0.3, 0.4) is 0 Å². The van der Waals surface area contributed by atoms with Crippen LogP contribution >= 0.6 is 38.6 Å². The van der Waals surface area contributed by atoms with Crippen LogP contribution in [0.2, 0.25) is 0 Å². The second-order valence-corrected chi connectivity index (χ2v) is 9.42. The fraction of sp³-hybridized carbons (Fsp3) is 0.412. The third-order valence-electron chi connectivity index (χ3n) is 4.24. The van der Waals surface area contributed by atoms with E-state index in [1.54, 1.807) is 22.7 Å². The lowest BCUT2D eigenvalue weighted by Gasteiger charge is -2.19. The van der Waals surface area contributed by atoms with Crippen LogP contribution in [0.25, 0.3) is 0 Å². The molecular weight excluding hydrogens is 392 g/mol. The summed E-state index contributed by atoms with van der Waals surface area (Å²) < 4.78 is 1.06. The molecular formula is C17H19BrN2OS2. The normalized spacial score (nSPS) is 17.9. The molecule has 6 heteroatoms. The van der Waals surface area contributed by atoms with Gasteiger partial charge < -0.3 is 0 Å². The Morgan fingerprint density at radius 2 is 2.22 bits per heavy atom. The highest BCUT2D eigenvalue weighted by Crippen LogP contribution is 2.33. The first kappa shape index (κ1) is 16.9. The number of hydrogen-bond donors (Lipinski definition) is 1. The molecule has 2 heterocycles. The average Bonchev–Trinajstić information content (AvgIpc) is 3.17. The molecule has 1 aliphatic carbocycles. The summed E-state index contributed by atoms with van der Waals surface area (Å²) in [7, 11) is 0. The van der Waals surface area contributed by atoms with Gasteiger partial charge in [-0.15, -0.1) is 22.7 Å². The van der Waals surface area contributed by atoms with Gasteiger partial charge in [-0.05, 0) is 71.8 Å². The van der Waals surface area contributed by atoms with Crippen molar-refractivity contribution in [1.29, 1.82) is 0 Å². The minimum atomic E-state index is -0.104. The molecule has 2 aromatic rings. The highest BCUT2D eigenvalue weighted by molar-refractivity contribution is 9.11. The van der Waals surface area contributed by atoms with E-state index in [4.69, 9.17) is 0 Å². The van der Waals surface area contributed by atoms with Crippen molar-refractivity contribution in [3.63, 3.8) is 0 Å². The molecule has 3 rings (SSSR count). The molecule has 23 heavy (non-hydrogen) atoms. The van der Waals surface area contributed by atoms with Crippen LogP contribution < -0.4 is 5.43 Å². The third-order valence-corrected chi connectivity index (χ3v) is 7.21. The Balaban J connectivity index is 1.68. The van der Waals surface area contributed by atoms with Crippen LogP contribution in [0.4, 0.5) is 0 Å². The largest absolute Gasteiger partial charge is 0.281 e. The Labute approximate surface area is 152 Å². The van der Waals surface area contributed by atoms with Gasteiger partial charge in [-0.25, -0.2) is 5.43 Å². The van der Waals surface area contributed by atoms with Crippen LogP contribution in [0.5, 0.6) is 0 Å². The van der Waals surface area contributed by atoms with Crippen molar-refractivity contribution in [3.8, 4) is 0 Å². The molecule has 3 nitrogen and oxygen atoms in total. The van der Waals surface area contributed by atoms with Gasteiger partial charge in [-0.1, -0.05) is 13.3 Å². The first-order valence-electron chi connectivity index (χ1n) is 7.78. The molecule has 0 saturated heterocycles. The number of fused-ring (bicyclic) bond motifs is 1. The van der Waals surface area contributed by atoms with Crippen LogP contribution in [-0.4, -0.2) is 11.6 Å². The molecule has 0 bridgehead atoms. The zero-order chi connectivity index (χ0) is 16.4.